The second kappa shape index (κ2) is 8.15. The normalized spacial score (nSPS) is 18.1. The summed E-state index contributed by atoms with van der Waals surface area (Å²) >= 11 is 0. The molecular formula is C23H22F5N3. The number of piperidine rings is 1. The first-order valence-electron chi connectivity index (χ1n) is 10.1. The van der Waals surface area contributed by atoms with Crippen molar-refractivity contribution in [3.05, 3.63) is 58.7 Å². The van der Waals surface area contributed by atoms with E-state index >= 15 is 0 Å². The Labute approximate surface area is 176 Å². The maximum Gasteiger partial charge on any atom is 0.416 e. The lowest BCUT2D eigenvalue weighted by Crippen LogP contribution is -2.31. The number of benzene rings is 2. The Balaban J connectivity index is 1.84. The molecule has 3 nitrogen and oxygen atoms in total. The van der Waals surface area contributed by atoms with Crippen LogP contribution in [0.25, 0.3) is 22.2 Å². The number of aryl methyl sites for hydroxylation is 1. The number of hydrogen-bond acceptors (Lipinski definition) is 3. The van der Waals surface area contributed by atoms with Gasteiger partial charge in [0.1, 0.15) is 0 Å². The van der Waals surface area contributed by atoms with Gasteiger partial charge < -0.3 is 4.90 Å². The molecule has 1 aliphatic rings. The van der Waals surface area contributed by atoms with E-state index in [4.69, 9.17) is 0 Å². The Bertz CT molecular complexity index is 1110. The molecular weight excluding hydrogens is 413 g/mol. The summed E-state index contributed by atoms with van der Waals surface area (Å²) in [4.78, 5) is 2.26. The van der Waals surface area contributed by atoms with E-state index in [0.29, 0.717) is 17.5 Å². The van der Waals surface area contributed by atoms with Crippen LogP contribution in [0.2, 0.25) is 0 Å². The highest BCUT2D eigenvalue weighted by molar-refractivity contribution is 5.89. The van der Waals surface area contributed by atoms with E-state index in [9.17, 15) is 22.0 Å². The number of alkyl halides is 5. The first-order valence-corrected chi connectivity index (χ1v) is 10.1. The summed E-state index contributed by atoms with van der Waals surface area (Å²) in [6, 6.07) is 8.15. The molecule has 4 rings (SSSR count). The standard InChI is InChI=1S/C23H22F5N3/c1-13-16-6-3-7-17(14-5-4-10-31(2)12-14)21(16)30-29-20(13)18-9-8-15(23(26,27)28)11-19(18)22(24)25/h3,6-9,11,14,22H,4-5,10,12H2,1-2H3/t14-/m1/s1. The molecule has 164 valence electrons. The molecule has 1 saturated heterocycles. The zero-order valence-electron chi connectivity index (χ0n) is 17.2. The Hall–Kier alpha value is -2.61. The molecule has 1 aliphatic heterocycles. The second-order valence-corrected chi connectivity index (χ2v) is 8.12. The van der Waals surface area contributed by atoms with Gasteiger partial charge in [0.15, 0.2) is 0 Å². The smallest absolute Gasteiger partial charge is 0.306 e. The Morgan fingerprint density at radius 1 is 1.10 bits per heavy atom. The molecule has 0 radical (unpaired) electrons. The van der Waals surface area contributed by atoms with Gasteiger partial charge in [-0.15, -0.1) is 10.2 Å². The average Bonchev–Trinajstić information content (AvgIpc) is 2.73. The number of likely N-dealkylation sites (N-methyl/N-ethyl adjacent to an activating group) is 1. The number of likely N-dealkylation sites (tertiary alicyclic amines) is 1. The van der Waals surface area contributed by atoms with Crippen LogP contribution in [0.4, 0.5) is 22.0 Å². The highest BCUT2D eigenvalue weighted by Crippen LogP contribution is 2.39. The predicted molar refractivity (Wildman–Crippen MR) is 109 cm³/mol. The van der Waals surface area contributed by atoms with Gasteiger partial charge in [-0.25, -0.2) is 8.78 Å². The molecule has 0 unspecified atom stereocenters. The molecule has 8 heteroatoms. The average molecular weight is 435 g/mol. The summed E-state index contributed by atoms with van der Waals surface area (Å²) in [7, 11) is 2.07. The van der Waals surface area contributed by atoms with E-state index in [-0.39, 0.29) is 11.3 Å². The van der Waals surface area contributed by atoms with E-state index in [2.05, 4.69) is 22.1 Å². The van der Waals surface area contributed by atoms with Crippen LogP contribution in [-0.2, 0) is 6.18 Å². The summed E-state index contributed by atoms with van der Waals surface area (Å²) in [5.74, 6) is 0.296. The highest BCUT2D eigenvalue weighted by Gasteiger charge is 2.32. The zero-order chi connectivity index (χ0) is 22.3. The molecule has 1 fully saturated rings. The Morgan fingerprint density at radius 3 is 2.55 bits per heavy atom. The third-order valence-corrected chi connectivity index (χ3v) is 6.01. The molecule has 0 N–H and O–H groups in total. The molecule has 2 aromatic carbocycles. The molecule has 0 saturated carbocycles. The van der Waals surface area contributed by atoms with Crippen LogP contribution >= 0.6 is 0 Å². The van der Waals surface area contributed by atoms with E-state index in [1.54, 1.807) is 6.92 Å². The largest absolute Gasteiger partial charge is 0.416 e. The quantitative estimate of drug-likeness (QED) is 0.448. The van der Waals surface area contributed by atoms with Gasteiger partial charge in [0.25, 0.3) is 6.43 Å². The zero-order valence-corrected chi connectivity index (χ0v) is 17.2. The van der Waals surface area contributed by atoms with Crippen LogP contribution < -0.4 is 0 Å². The van der Waals surface area contributed by atoms with E-state index in [0.717, 1.165) is 54.5 Å². The van der Waals surface area contributed by atoms with Crippen LogP contribution in [0.15, 0.2) is 36.4 Å². The minimum atomic E-state index is -4.70. The molecule has 0 aliphatic carbocycles. The fourth-order valence-corrected chi connectivity index (χ4v) is 4.42. The lowest BCUT2D eigenvalue weighted by Gasteiger charge is -2.30. The fraction of sp³-hybridized carbons (Fsp3) is 0.391. The SMILES string of the molecule is Cc1c(-c2ccc(C(F)(F)F)cc2C(F)F)nnc2c([C@@H]3CCCN(C)C3)cccc12. The summed E-state index contributed by atoms with van der Waals surface area (Å²) < 4.78 is 66.4. The van der Waals surface area contributed by atoms with Crippen molar-refractivity contribution in [3.63, 3.8) is 0 Å². The number of hydrogen-bond donors (Lipinski definition) is 0. The molecule has 1 atom stereocenters. The number of nitrogens with zero attached hydrogens (tertiary/aromatic N) is 3. The molecule has 1 aromatic heterocycles. The van der Waals surface area contributed by atoms with Gasteiger partial charge >= 0.3 is 6.18 Å². The van der Waals surface area contributed by atoms with Gasteiger partial charge in [-0.1, -0.05) is 24.3 Å². The van der Waals surface area contributed by atoms with Gasteiger partial charge in [0.2, 0.25) is 0 Å². The summed E-state index contributed by atoms with van der Waals surface area (Å²) in [5, 5.41) is 9.34. The Morgan fingerprint density at radius 2 is 1.87 bits per heavy atom. The summed E-state index contributed by atoms with van der Waals surface area (Å²) in [6.07, 6.45) is -5.67. The predicted octanol–water partition coefficient (Wildman–Crippen LogP) is 6.37. The van der Waals surface area contributed by atoms with Crippen molar-refractivity contribution in [2.24, 2.45) is 0 Å². The molecule has 31 heavy (non-hydrogen) atoms. The molecule has 0 amide bonds. The van der Waals surface area contributed by atoms with Crippen molar-refractivity contribution in [1.29, 1.82) is 0 Å². The van der Waals surface area contributed by atoms with Crippen molar-refractivity contribution >= 4 is 10.9 Å². The van der Waals surface area contributed by atoms with Gasteiger partial charge in [0, 0.05) is 23.1 Å². The first-order chi connectivity index (χ1) is 14.7. The lowest BCUT2D eigenvalue weighted by atomic mass is 9.88. The maximum absolute atomic E-state index is 13.7. The van der Waals surface area contributed by atoms with Gasteiger partial charge in [-0.3, -0.25) is 0 Å². The summed E-state index contributed by atoms with van der Waals surface area (Å²) in [5.41, 5.74) is 0.741. The van der Waals surface area contributed by atoms with Crippen molar-refractivity contribution in [3.8, 4) is 11.3 Å². The van der Waals surface area contributed by atoms with Crippen molar-refractivity contribution in [2.45, 2.75) is 38.3 Å². The van der Waals surface area contributed by atoms with Crippen LogP contribution in [0, 0.1) is 6.92 Å². The minimum Gasteiger partial charge on any atom is -0.306 e. The maximum atomic E-state index is 13.7. The van der Waals surface area contributed by atoms with E-state index in [1.165, 1.54) is 0 Å². The highest BCUT2D eigenvalue weighted by atomic mass is 19.4. The lowest BCUT2D eigenvalue weighted by molar-refractivity contribution is -0.137. The van der Waals surface area contributed by atoms with Crippen LogP contribution in [0.3, 0.4) is 0 Å². The molecule has 2 heterocycles. The Kier molecular flexibility index (Phi) is 5.68. The third kappa shape index (κ3) is 4.13. The third-order valence-electron chi connectivity index (χ3n) is 6.01. The van der Waals surface area contributed by atoms with E-state index in [1.807, 2.05) is 18.2 Å². The number of fused-ring (bicyclic) bond motifs is 1. The monoisotopic (exact) mass is 435 g/mol. The fourth-order valence-electron chi connectivity index (χ4n) is 4.42. The molecule has 0 spiro atoms. The van der Waals surface area contributed by atoms with Gasteiger partial charge in [0.05, 0.1) is 16.8 Å². The van der Waals surface area contributed by atoms with Crippen molar-refractivity contribution in [2.75, 3.05) is 20.1 Å². The number of rotatable bonds is 3. The van der Waals surface area contributed by atoms with Gasteiger partial charge in [-0.2, -0.15) is 13.2 Å². The summed E-state index contributed by atoms with van der Waals surface area (Å²) in [6.45, 7) is 3.69. The van der Waals surface area contributed by atoms with E-state index < -0.39 is 23.7 Å². The van der Waals surface area contributed by atoms with Crippen molar-refractivity contribution in [1.82, 2.24) is 15.1 Å². The van der Waals surface area contributed by atoms with Gasteiger partial charge in [-0.05, 0) is 62.5 Å². The van der Waals surface area contributed by atoms with Crippen LogP contribution in [-0.4, -0.2) is 35.2 Å². The number of halogens is 5. The molecule has 3 aromatic rings. The number of aromatic nitrogens is 2. The molecule has 0 bridgehead atoms. The topological polar surface area (TPSA) is 29.0 Å². The second-order valence-electron chi connectivity index (χ2n) is 8.12. The van der Waals surface area contributed by atoms with Crippen molar-refractivity contribution < 1.29 is 22.0 Å². The first kappa shape index (κ1) is 21.6. The van der Waals surface area contributed by atoms with Crippen LogP contribution in [0.1, 0.15) is 47.4 Å². The minimum absolute atomic E-state index is 0.0299. The van der Waals surface area contributed by atoms with Crippen LogP contribution in [0.5, 0.6) is 0 Å².